The van der Waals surface area contributed by atoms with Crippen LogP contribution in [0.3, 0.4) is 0 Å². The topological polar surface area (TPSA) is 46.9 Å². The van der Waals surface area contributed by atoms with Crippen molar-refractivity contribution < 1.29 is 8.91 Å². The van der Waals surface area contributed by atoms with E-state index in [9.17, 15) is 4.79 Å². The van der Waals surface area contributed by atoms with Crippen LogP contribution in [-0.4, -0.2) is 15.7 Å². The minimum Gasteiger partial charge on any atom is -0.323 e. The molecule has 1 atom stereocenters. The summed E-state index contributed by atoms with van der Waals surface area (Å²) in [7, 11) is 0. The van der Waals surface area contributed by atoms with E-state index >= 15 is 0 Å². The number of nitrogens with one attached hydrogen (secondary N) is 1. The number of nitrogens with zero attached hydrogens (tertiary/aromatic N) is 2. The fourth-order valence-electron chi connectivity index (χ4n) is 2.76. The van der Waals surface area contributed by atoms with Gasteiger partial charge in [-0.2, -0.15) is 5.10 Å². The van der Waals surface area contributed by atoms with Gasteiger partial charge in [0.1, 0.15) is 0 Å². The second kappa shape index (κ2) is 5.72. The molecular formula is C17H21N3O. The first-order valence-corrected chi connectivity index (χ1v) is 7.35. The number of fused-ring (bicyclic) bond motifs is 4. The van der Waals surface area contributed by atoms with Crippen LogP contribution >= 0.6 is 0 Å². The molecule has 4 heteroatoms. The lowest BCUT2D eigenvalue weighted by molar-refractivity contribution is -0.119. The van der Waals surface area contributed by atoms with Gasteiger partial charge in [0.15, 0.2) is 0 Å². The molecule has 0 spiro atoms. The van der Waals surface area contributed by atoms with Crippen LogP contribution in [0.2, 0.25) is 0 Å². The SMILES string of the molecule is [2H]C([2H])([2H])n1ncc2c1-c1cccc(c1)CCCCC(C)C(=O)N2. The minimum atomic E-state index is -2.41. The zero-order valence-corrected chi connectivity index (χ0v) is 12.1. The predicted octanol–water partition coefficient (Wildman–Crippen LogP) is 3.39. The molecule has 0 saturated carbocycles. The Morgan fingerprint density at radius 3 is 3.19 bits per heavy atom. The average Bonchev–Trinajstić information content (AvgIpc) is 2.94. The maximum Gasteiger partial charge on any atom is 0.227 e. The summed E-state index contributed by atoms with van der Waals surface area (Å²) in [5.74, 6) is -0.218. The van der Waals surface area contributed by atoms with Crippen LogP contribution in [0.25, 0.3) is 11.3 Å². The Hall–Kier alpha value is -2.10. The van der Waals surface area contributed by atoms with Crippen molar-refractivity contribution in [1.82, 2.24) is 9.78 Å². The minimum absolute atomic E-state index is 0.0990. The largest absolute Gasteiger partial charge is 0.323 e. The van der Waals surface area contributed by atoms with Crippen molar-refractivity contribution in [3.8, 4) is 11.3 Å². The molecule has 0 saturated heterocycles. The summed E-state index contributed by atoms with van der Waals surface area (Å²) in [5.41, 5.74) is 2.79. The first-order chi connectivity index (χ1) is 11.4. The Balaban J connectivity index is 2.15. The molecule has 1 amide bonds. The maximum atomic E-state index is 12.4. The predicted molar refractivity (Wildman–Crippen MR) is 84.0 cm³/mol. The summed E-state index contributed by atoms with van der Waals surface area (Å²) in [4.78, 5) is 12.4. The molecule has 110 valence electrons. The van der Waals surface area contributed by atoms with E-state index in [2.05, 4.69) is 10.4 Å². The van der Waals surface area contributed by atoms with Crippen LogP contribution in [0.5, 0.6) is 0 Å². The summed E-state index contributed by atoms with van der Waals surface area (Å²) >= 11 is 0. The first kappa shape index (κ1) is 10.6. The number of aryl methyl sites for hydroxylation is 2. The molecule has 1 aromatic heterocycles. The molecule has 2 bridgehead atoms. The van der Waals surface area contributed by atoms with Crippen molar-refractivity contribution in [3.05, 3.63) is 36.0 Å². The Morgan fingerprint density at radius 2 is 2.33 bits per heavy atom. The number of anilines is 1. The molecule has 21 heavy (non-hydrogen) atoms. The molecule has 1 aliphatic rings. The van der Waals surface area contributed by atoms with E-state index in [1.807, 2.05) is 31.2 Å². The zero-order valence-electron chi connectivity index (χ0n) is 15.1. The molecule has 4 nitrogen and oxygen atoms in total. The number of carbonyl (C=O) groups is 1. The molecule has 1 N–H and O–H groups in total. The number of aromatic nitrogens is 2. The molecule has 0 radical (unpaired) electrons. The van der Waals surface area contributed by atoms with Crippen LogP contribution in [-0.2, 0) is 18.2 Å². The lowest BCUT2D eigenvalue weighted by Gasteiger charge is -2.15. The number of hydrogen-bond acceptors (Lipinski definition) is 2. The molecule has 3 rings (SSSR count). The van der Waals surface area contributed by atoms with Crippen LogP contribution < -0.4 is 5.32 Å². The van der Waals surface area contributed by atoms with Crippen LogP contribution in [0.1, 0.15) is 35.9 Å². The molecule has 1 aromatic carbocycles. The summed E-state index contributed by atoms with van der Waals surface area (Å²) in [6, 6.07) is 7.81. The van der Waals surface area contributed by atoms with E-state index in [-0.39, 0.29) is 11.8 Å². The summed E-state index contributed by atoms with van der Waals surface area (Å²) in [6.07, 6.45) is 5.14. The van der Waals surface area contributed by atoms with Crippen LogP contribution in [0, 0.1) is 5.92 Å². The number of carbonyl (C=O) groups excluding carboxylic acids is 1. The molecule has 1 unspecified atom stereocenters. The summed E-state index contributed by atoms with van der Waals surface area (Å²) in [5, 5.41) is 6.87. The first-order valence-electron chi connectivity index (χ1n) is 8.85. The third-order valence-electron chi connectivity index (χ3n) is 4.03. The second-order valence-corrected chi connectivity index (χ2v) is 5.66. The second-order valence-electron chi connectivity index (χ2n) is 5.66. The Labute approximate surface area is 129 Å². The van der Waals surface area contributed by atoms with Gasteiger partial charge < -0.3 is 5.32 Å². The van der Waals surface area contributed by atoms with Gasteiger partial charge in [0.2, 0.25) is 5.91 Å². The van der Waals surface area contributed by atoms with E-state index < -0.39 is 6.98 Å². The van der Waals surface area contributed by atoms with E-state index in [1.165, 1.54) is 6.20 Å². The fourth-order valence-corrected chi connectivity index (χ4v) is 2.76. The van der Waals surface area contributed by atoms with Crippen LogP contribution in [0.4, 0.5) is 5.69 Å². The monoisotopic (exact) mass is 286 g/mol. The molecule has 1 aliphatic heterocycles. The molecule has 0 fully saturated rings. The summed E-state index contributed by atoms with van der Waals surface area (Å²) in [6.45, 7) is -0.509. The normalized spacial score (nSPS) is 21.9. The van der Waals surface area contributed by atoms with Crippen molar-refractivity contribution in [1.29, 1.82) is 0 Å². The van der Waals surface area contributed by atoms with Crippen molar-refractivity contribution in [3.63, 3.8) is 0 Å². The average molecular weight is 286 g/mol. The lowest BCUT2D eigenvalue weighted by atomic mass is 9.98. The third-order valence-corrected chi connectivity index (χ3v) is 4.03. The van der Waals surface area contributed by atoms with Gasteiger partial charge in [0, 0.05) is 22.6 Å². The zero-order chi connectivity index (χ0) is 17.3. The smallest absolute Gasteiger partial charge is 0.227 e. The van der Waals surface area contributed by atoms with Gasteiger partial charge in [-0.15, -0.1) is 0 Å². The highest BCUT2D eigenvalue weighted by Crippen LogP contribution is 2.29. The van der Waals surface area contributed by atoms with Gasteiger partial charge in [-0.1, -0.05) is 31.5 Å². The van der Waals surface area contributed by atoms with Gasteiger partial charge in [0.25, 0.3) is 0 Å². The van der Waals surface area contributed by atoms with E-state index in [4.69, 9.17) is 4.11 Å². The molecule has 2 heterocycles. The maximum absolute atomic E-state index is 12.4. The highest BCUT2D eigenvalue weighted by Gasteiger charge is 2.18. The molecule has 0 aliphatic carbocycles. The standard InChI is InChI=1S/C17H21N3O/c1-12-6-3-4-7-13-8-5-9-14(10-13)16-15(19-17(12)21)11-18-20(16)2/h5,8-12H,3-4,6-7H2,1-2H3,(H,19,21)/i2D3. The number of benzene rings is 1. The quantitative estimate of drug-likeness (QED) is 0.807. The van der Waals surface area contributed by atoms with Crippen molar-refractivity contribution in [2.45, 2.75) is 32.6 Å². The van der Waals surface area contributed by atoms with Crippen molar-refractivity contribution >= 4 is 11.6 Å². The van der Waals surface area contributed by atoms with Crippen molar-refractivity contribution in [2.24, 2.45) is 12.9 Å². The van der Waals surface area contributed by atoms with Crippen LogP contribution in [0.15, 0.2) is 30.5 Å². The Morgan fingerprint density at radius 1 is 1.43 bits per heavy atom. The molecular weight excluding hydrogens is 262 g/mol. The number of amides is 1. The number of hydrogen-bond donors (Lipinski definition) is 1. The van der Waals surface area contributed by atoms with Gasteiger partial charge in [-0.05, 0) is 30.9 Å². The van der Waals surface area contributed by atoms with Gasteiger partial charge >= 0.3 is 0 Å². The highest BCUT2D eigenvalue weighted by molar-refractivity contribution is 5.95. The van der Waals surface area contributed by atoms with Gasteiger partial charge in [-0.25, -0.2) is 0 Å². The highest BCUT2D eigenvalue weighted by atomic mass is 16.1. The van der Waals surface area contributed by atoms with E-state index in [0.717, 1.165) is 41.5 Å². The van der Waals surface area contributed by atoms with Gasteiger partial charge in [0.05, 0.1) is 17.6 Å². The third kappa shape index (κ3) is 2.84. The number of rotatable bonds is 0. The lowest BCUT2D eigenvalue weighted by Crippen LogP contribution is -2.20. The Kier molecular flexibility index (Phi) is 2.89. The molecule has 2 aromatic rings. The van der Waals surface area contributed by atoms with Gasteiger partial charge in [-0.3, -0.25) is 9.48 Å². The fraction of sp³-hybridized carbons (Fsp3) is 0.412. The van der Waals surface area contributed by atoms with Crippen molar-refractivity contribution in [2.75, 3.05) is 5.32 Å². The summed E-state index contributed by atoms with van der Waals surface area (Å²) < 4.78 is 24.1. The van der Waals surface area contributed by atoms with E-state index in [1.54, 1.807) is 0 Å². The van der Waals surface area contributed by atoms with E-state index in [0.29, 0.717) is 11.4 Å². The Bertz CT molecular complexity index is 752.